The van der Waals surface area contributed by atoms with E-state index in [-0.39, 0.29) is 6.54 Å². The molecule has 0 radical (unpaired) electrons. The van der Waals surface area contributed by atoms with Gasteiger partial charge in [0.05, 0.1) is 0 Å². The van der Waals surface area contributed by atoms with Crippen molar-refractivity contribution >= 4 is 23.8 Å². The first-order valence-electron chi connectivity index (χ1n) is 6.49. The predicted molar refractivity (Wildman–Crippen MR) is 73.4 cm³/mol. The highest BCUT2D eigenvalue weighted by molar-refractivity contribution is 6.08. The highest BCUT2D eigenvalue weighted by Crippen LogP contribution is 2.20. The van der Waals surface area contributed by atoms with Crippen molar-refractivity contribution in [2.24, 2.45) is 0 Å². The summed E-state index contributed by atoms with van der Waals surface area (Å²) in [4.78, 5) is 48.5. The molecule has 8 heteroatoms. The third-order valence-electron chi connectivity index (χ3n) is 3.37. The monoisotopic (exact) mass is 297 g/mol. The normalized spacial score (nSPS) is 21.1. The Kier molecular flexibility index (Phi) is 5.07. The molecular weight excluding hydrogens is 278 g/mol. The fraction of sp³-hybridized carbons (Fsp3) is 0.538. The van der Waals surface area contributed by atoms with Crippen LogP contribution in [0.4, 0.5) is 4.79 Å². The summed E-state index contributed by atoms with van der Waals surface area (Å²) in [6.45, 7) is 5.80. The van der Waals surface area contributed by atoms with Gasteiger partial charge in [-0.2, -0.15) is 0 Å². The van der Waals surface area contributed by atoms with E-state index in [1.165, 1.54) is 6.08 Å². The Morgan fingerprint density at radius 1 is 1.48 bits per heavy atom. The van der Waals surface area contributed by atoms with Gasteiger partial charge in [0.15, 0.2) is 0 Å². The van der Waals surface area contributed by atoms with Gasteiger partial charge >= 0.3 is 12.0 Å². The molecule has 116 valence electrons. The minimum atomic E-state index is -1.18. The van der Waals surface area contributed by atoms with E-state index in [0.717, 1.165) is 9.80 Å². The van der Waals surface area contributed by atoms with Crippen molar-refractivity contribution in [3.05, 3.63) is 12.7 Å². The van der Waals surface area contributed by atoms with Crippen LogP contribution < -0.4 is 5.32 Å². The number of carboxylic acid groups (broad SMARTS) is 1. The molecular formula is C13H19N3O5. The van der Waals surface area contributed by atoms with Crippen molar-refractivity contribution in [2.45, 2.75) is 25.8 Å². The summed E-state index contributed by atoms with van der Waals surface area (Å²) < 4.78 is 0. The molecule has 1 aliphatic rings. The lowest BCUT2D eigenvalue weighted by molar-refractivity contribution is -0.145. The fourth-order valence-electron chi connectivity index (χ4n) is 1.94. The molecule has 0 saturated carbocycles. The lowest BCUT2D eigenvalue weighted by Gasteiger charge is -2.22. The highest BCUT2D eigenvalue weighted by Gasteiger charge is 2.47. The molecule has 0 spiro atoms. The van der Waals surface area contributed by atoms with Gasteiger partial charge in [0, 0.05) is 6.54 Å². The van der Waals surface area contributed by atoms with E-state index in [2.05, 4.69) is 11.9 Å². The molecule has 1 aliphatic heterocycles. The number of rotatable bonds is 7. The third kappa shape index (κ3) is 3.59. The van der Waals surface area contributed by atoms with Gasteiger partial charge in [-0.15, -0.1) is 6.58 Å². The molecule has 2 N–H and O–H groups in total. The van der Waals surface area contributed by atoms with E-state index in [9.17, 15) is 19.2 Å². The van der Waals surface area contributed by atoms with Gasteiger partial charge in [-0.05, 0) is 13.3 Å². The average molecular weight is 297 g/mol. The molecule has 0 aromatic carbocycles. The van der Waals surface area contributed by atoms with Crippen LogP contribution in [0.15, 0.2) is 12.7 Å². The second kappa shape index (κ2) is 6.38. The van der Waals surface area contributed by atoms with Crippen molar-refractivity contribution < 1.29 is 24.3 Å². The summed E-state index contributed by atoms with van der Waals surface area (Å²) in [6.07, 6.45) is 1.77. The van der Waals surface area contributed by atoms with Gasteiger partial charge in [-0.25, -0.2) is 4.79 Å². The molecule has 1 atom stereocenters. The van der Waals surface area contributed by atoms with E-state index in [1.807, 2.05) is 0 Å². The van der Waals surface area contributed by atoms with Crippen LogP contribution in [0.2, 0.25) is 0 Å². The smallest absolute Gasteiger partial charge is 0.325 e. The minimum Gasteiger partial charge on any atom is -0.480 e. The summed E-state index contributed by atoms with van der Waals surface area (Å²) in [5.41, 5.74) is -1.02. The second-order valence-corrected chi connectivity index (χ2v) is 4.96. The number of hydrogen-bond acceptors (Lipinski definition) is 4. The number of hydrogen-bond donors (Lipinski definition) is 2. The Balaban J connectivity index is 2.81. The number of carbonyl (C=O) groups is 4. The van der Waals surface area contributed by atoms with Crippen molar-refractivity contribution in [3.63, 3.8) is 0 Å². The van der Waals surface area contributed by atoms with Gasteiger partial charge < -0.3 is 15.3 Å². The molecule has 0 aromatic rings. The number of nitrogens with zero attached hydrogens (tertiary/aromatic N) is 2. The molecule has 8 nitrogen and oxygen atoms in total. The molecule has 1 heterocycles. The predicted octanol–water partition coefficient (Wildman–Crippen LogP) is -0.194. The van der Waals surface area contributed by atoms with Crippen LogP contribution in [0.5, 0.6) is 0 Å². The second-order valence-electron chi connectivity index (χ2n) is 4.96. The first-order chi connectivity index (χ1) is 9.75. The van der Waals surface area contributed by atoms with Gasteiger partial charge in [0.2, 0.25) is 5.91 Å². The molecule has 1 fully saturated rings. The lowest BCUT2D eigenvalue weighted by atomic mass is 9.99. The number of aliphatic carboxylic acids is 1. The van der Waals surface area contributed by atoms with Crippen LogP contribution in [0.3, 0.4) is 0 Å². The van der Waals surface area contributed by atoms with Crippen molar-refractivity contribution in [3.8, 4) is 0 Å². The summed E-state index contributed by atoms with van der Waals surface area (Å²) in [5, 5.41) is 11.3. The van der Waals surface area contributed by atoms with E-state index in [1.54, 1.807) is 13.8 Å². The first-order valence-corrected chi connectivity index (χ1v) is 6.49. The van der Waals surface area contributed by atoms with Crippen LogP contribution in [-0.4, -0.2) is 63.9 Å². The summed E-state index contributed by atoms with van der Waals surface area (Å²) >= 11 is 0. The van der Waals surface area contributed by atoms with Crippen molar-refractivity contribution in [1.29, 1.82) is 0 Å². The van der Waals surface area contributed by atoms with E-state index < -0.39 is 42.4 Å². The molecule has 0 aromatic heterocycles. The van der Waals surface area contributed by atoms with Crippen LogP contribution >= 0.6 is 0 Å². The number of imide groups is 1. The maximum atomic E-state index is 12.1. The van der Waals surface area contributed by atoms with Crippen LogP contribution in [0.1, 0.15) is 20.3 Å². The van der Waals surface area contributed by atoms with Crippen LogP contribution in [0, 0.1) is 0 Å². The number of carbonyl (C=O) groups excluding carboxylic acids is 3. The Morgan fingerprint density at radius 3 is 2.52 bits per heavy atom. The van der Waals surface area contributed by atoms with Crippen molar-refractivity contribution in [2.75, 3.05) is 19.6 Å². The zero-order valence-corrected chi connectivity index (χ0v) is 12.1. The van der Waals surface area contributed by atoms with E-state index >= 15 is 0 Å². The molecule has 0 bridgehead atoms. The highest BCUT2D eigenvalue weighted by atomic mass is 16.4. The number of nitrogens with one attached hydrogen (secondary N) is 1. The average Bonchev–Trinajstić information content (AvgIpc) is 2.62. The van der Waals surface area contributed by atoms with Gasteiger partial charge in [-0.1, -0.05) is 13.0 Å². The SMILES string of the molecule is C=CCN(CC(=O)O)C(=O)CN1C(=O)NC(C)(CC)C1=O. The zero-order chi connectivity index (χ0) is 16.2. The molecule has 4 amide bonds. The Morgan fingerprint density at radius 2 is 2.10 bits per heavy atom. The summed E-state index contributed by atoms with van der Waals surface area (Å²) in [7, 11) is 0. The topological polar surface area (TPSA) is 107 Å². The Labute approximate surface area is 122 Å². The molecule has 21 heavy (non-hydrogen) atoms. The maximum absolute atomic E-state index is 12.1. The molecule has 1 saturated heterocycles. The third-order valence-corrected chi connectivity index (χ3v) is 3.37. The Hall–Kier alpha value is -2.38. The number of carboxylic acids is 1. The fourth-order valence-corrected chi connectivity index (χ4v) is 1.94. The summed E-state index contributed by atoms with van der Waals surface area (Å²) in [5.74, 6) is -2.29. The number of urea groups is 1. The molecule has 0 aliphatic carbocycles. The number of amides is 4. The maximum Gasteiger partial charge on any atom is 0.325 e. The molecule has 1 unspecified atom stereocenters. The van der Waals surface area contributed by atoms with Crippen LogP contribution in [-0.2, 0) is 14.4 Å². The lowest BCUT2D eigenvalue weighted by Crippen LogP contribution is -2.46. The van der Waals surface area contributed by atoms with Gasteiger partial charge in [0.25, 0.3) is 5.91 Å². The Bertz CT molecular complexity index is 490. The quantitative estimate of drug-likeness (QED) is 0.500. The van der Waals surface area contributed by atoms with Gasteiger partial charge in [0.1, 0.15) is 18.6 Å². The standard InChI is InChI=1S/C13H19N3O5/c1-4-6-15(8-10(18)19)9(17)7-16-11(20)13(3,5-2)14-12(16)21/h4H,1,5-8H2,2-3H3,(H,14,21)(H,18,19). The van der Waals surface area contributed by atoms with E-state index in [0.29, 0.717) is 6.42 Å². The summed E-state index contributed by atoms with van der Waals surface area (Å²) in [6, 6.07) is -0.647. The van der Waals surface area contributed by atoms with Gasteiger partial charge in [-0.3, -0.25) is 19.3 Å². The van der Waals surface area contributed by atoms with Crippen LogP contribution in [0.25, 0.3) is 0 Å². The minimum absolute atomic E-state index is 0.0276. The van der Waals surface area contributed by atoms with Crippen molar-refractivity contribution in [1.82, 2.24) is 15.1 Å². The first kappa shape index (κ1) is 16.7. The van der Waals surface area contributed by atoms with E-state index in [4.69, 9.17) is 5.11 Å². The largest absolute Gasteiger partial charge is 0.480 e. The zero-order valence-electron chi connectivity index (χ0n) is 12.1. The molecule has 1 rings (SSSR count).